The van der Waals surface area contributed by atoms with Crippen molar-refractivity contribution in [2.45, 2.75) is 5.60 Å². The summed E-state index contributed by atoms with van der Waals surface area (Å²) < 4.78 is 11.8. The van der Waals surface area contributed by atoms with Crippen molar-refractivity contribution in [3.63, 3.8) is 0 Å². The number of carbonyl (C=O) groups excluding carboxylic acids is 1. The number of benzene rings is 3. The Morgan fingerprint density at radius 1 is 0.741 bits per heavy atom. The second kappa shape index (κ2) is 7.91. The van der Waals surface area contributed by atoms with Crippen molar-refractivity contribution in [2.24, 2.45) is 0 Å². The van der Waals surface area contributed by atoms with E-state index in [1.807, 2.05) is 12.1 Å². The summed E-state index contributed by atoms with van der Waals surface area (Å²) in [7, 11) is 0. The van der Waals surface area contributed by atoms with Gasteiger partial charge in [0.25, 0.3) is 0 Å². The zero-order chi connectivity index (χ0) is 17.2. The van der Waals surface area contributed by atoms with Crippen molar-refractivity contribution in [1.29, 1.82) is 0 Å². The summed E-state index contributed by atoms with van der Waals surface area (Å²) in [6.07, 6.45) is 0. The summed E-state index contributed by atoms with van der Waals surface area (Å²) in [5.74, 6) is 0.408. The SMILES string of the molecule is O=C1OC2(c3ccc(O)cc3Oc3cc(O)ccc32)c2ccccc21.[K].[K]. The smallest absolute Gasteiger partial charge is 0.340 e. The van der Waals surface area contributed by atoms with E-state index in [1.54, 1.807) is 24.3 Å². The van der Waals surface area contributed by atoms with E-state index in [-0.39, 0.29) is 114 Å². The molecule has 2 aliphatic rings. The van der Waals surface area contributed by atoms with Crippen LogP contribution in [0.25, 0.3) is 0 Å². The molecule has 0 amide bonds. The van der Waals surface area contributed by atoms with Gasteiger partial charge in [0.1, 0.15) is 23.0 Å². The van der Waals surface area contributed by atoms with E-state index in [9.17, 15) is 15.0 Å². The Bertz CT molecular complexity index is 1010. The van der Waals surface area contributed by atoms with E-state index in [2.05, 4.69) is 0 Å². The number of fused-ring (bicyclic) bond motifs is 6. The second-order valence-corrected chi connectivity index (χ2v) is 6.08. The molecule has 7 heteroatoms. The summed E-state index contributed by atoms with van der Waals surface area (Å²) in [4.78, 5) is 12.5. The number of aromatic hydroxyl groups is 2. The number of phenols is 2. The van der Waals surface area contributed by atoms with E-state index in [1.165, 1.54) is 24.3 Å². The molecule has 0 fully saturated rings. The first-order valence-corrected chi connectivity index (χ1v) is 7.77. The number of hydrogen-bond acceptors (Lipinski definition) is 5. The van der Waals surface area contributed by atoms with E-state index >= 15 is 0 Å². The van der Waals surface area contributed by atoms with E-state index in [4.69, 9.17) is 9.47 Å². The maximum atomic E-state index is 12.5. The van der Waals surface area contributed by atoms with Gasteiger partial charge in [-0.1, -0.05) is 18.2 Å². The Kier molecular flexibility index (Phi) is 6.30. The fourth-order valence-corrected chi connectivity index (χ4v) is 3.65. The first-order chi connectivity index (χ1) is 12.1. The Morgan fingerprint density at radius 2 is 1.30 bits per heavy atom. The minimum absolute atomic E-state index is 0. The number of phenolic OH excluding ortho intramolecular Hbond substituents is 2. The summed E-state index contributed by atoms with van der Waals surface area (Å²) in [5.41, 5.74) is 1.28. The summed E-state index contributed by atoms with van der Waals surface area (Å²) in [6.45, 7) is 0. The number of esters is 1. The van der Waals surface area contributed by atoms with Crippen molar-refractivity contribution < 1.29 is 24.5 Å². The van der Waals surface area contributed by atoms with E-state index in [0.717, 1.165) is 0 Å². The summed E-state index contributed by atoms with van der Waals surface area (Å²) in [5, 5.41) is 19.7. The van der Waals surface area contributed by atoms with Crippen molar-refractivity contribution in [3.05, 3.63) is 82.9 Å². The molecule has 124 valence electrons. The molecule has 5 nitrogen and oxygen atoms in total. The molecule has 0 aliphatic carbocycles. The van der Waals surface area contributed by atoms with Crippen LogP contribution in [0.5, 0.6) is 23.0 Å². The zero-order valence-electron chi connectivity index (χ0n) is 14.9. The quantitative estimate of drug-likeness (QED) is 0.440. The molecule has 2 radical (unpaired) electrons. The number of carbonyl (C=O) groups is 1. The van der Waals surface area contributed by atoms with Crippen molar-refractivity contribution in [3.8, 4) is 23.0 Å². The molecular weight excluding hydrogens is 398 g/mol. The maximum absolute atomic E-state index is 12.5. The number of rotatable bonds is 0. The normalized spacial score (nSPS) is 14.6. The number of hydrogen-bond donors (Lipinski definition) is 2. The molecule has 0 unspecified atom stereocenters. The van der Waals surface area contributed by atoms with Gasteiger partial charge in [-0.2, -0.15) is 0 Å². The molecule has 5 rings (SSSR count). The molecule has 27 heavy (non-hydrogen) atoms. The Hall–Kier alpha value is -0.197. The van der Waals surface area contributed by atoms with Crippen molar-refractivity contribution in [1.82, 2.24) is 0 Å². The second-order valence-electron chi connectivity index (χ2n) is 6.08. The minimum atomic E-state index is -1.17. The van der Waals surface area contributed by atoms with E-state index in [0.29, 0.717) is 33.8 Å². The first kappa shape index (κ1) is 21.5. The molecule has 2 N–H and O–H groups in total. The summed E-state index contributed by atoms with van der Waals surface area (Å²) in [6, 6.07) is 16.6. The molecule has 1 spiro atoms. The molecule has 0 saturated carbocycles. The maximum Gasteiger partial charge on any atom is 0.340 e. The molecule has 0 saturated heterocycles. The molecular formula is C20H12K2O5. The third-order valence-electron chi connectivity index (χ3n) is 4.68. The standard InChI is InChI=1S/C20H12O5.2K/c21-11-5-7-15-17(9-11)24-18-10-12(22)6-8-16(18)20(15)14-4-2-1-3-13(14)19(23)25-20;;/h1-10,21-22H;;. The average molecular weight is 411 g/mol. The largest absolute Gasteiger partial charge is 0.508 e. The topological polar surface area (TPSA) is 76.0 Å². The predicted molar refractivity (Wildman–Crippen MR) is 99.5 cm³/mol. The van der Waals surface area contributed by atoms with Crippen molar-refractivity contribution >= 4 is 109 Å². The van der Waals surface area contributed by atoms with Crippen LogP contribution in [0.1, 0.15) is 27.0 Å². The molecule has 2 heterocycles. The van der Waals surface area contributed by atoms with Gasteiger partial charge in [-0.25, -0.2) is 4.79 Å². The third-order valence-corrected chi connectivity index (χ3v) is 4.68. The summed E-state index contributed by atoms with van der Waals surface area (Å²) >= 11 is 0. The Morgan fingerprint density at radius 3 is 1.89 bits per heavy atom. The van der Waals surface area contributed by atoms with Crippen LogP contribution in [0, 0.1) is 0 Å². The molecule has 3 aromatic carbocycles. The van der Waals surface area contributed by atoms with Crippen LogP contribution in [0.15, 0.2) is 60.7 Å². The molecule has 2 aliphatic heterocycles. The average Bonchev–Trinajstić information content (AvgIpc) is 2.88. The van der Waals surface area contributed by atoms with Gasteiger partial charge in [-0.15, -0.1) is 0 Å². The van der Waals surface area contributed by atoms with Crippen LogP contribution in [0.3, 0.4) is 0 Å². The van der Waals surface area contributed by atoms with Gasteiger partial charge in [0.05, 0.1) is 5.56 Å². The van der Waals surface area contributed by atoms with Gasteiger partial charge < -0.3 is 19.7 Å². The molecule has 0 aromatic heterocycles. The van der Waals surface area contributed by atoms with Gasteiger partial charge in [-0.3, -0.25) is 0 Å². The van der Waals surface area contributed by atoms with Crippen LogP contribution < -0.4 is 4.74 Å². The number of ether oxygens (including phenoxy) is 2. The minimum Gasteiger partial charge on any atom is -0.508 e. The fraction of sp³-hybridized carbons (Fsp3) is 0.0500. The molecule has 0 atom stereocenters. The van der Waals surface area contributed by atoms with Gasteiger partial charge in [0.2, 0.25) is 0 Å². The van der Waals surface area contributed by atoms with Gasteiger partial charge >= 0.3 is 5.97 Å². The van der Waals surface area contributed by atoms with E-state index < -0.39 is 11.6 Å². The molecule has 3 aromatic rings. The predicted octanol–water partition coefficient (Wildman–Crippen LogP) is 2.90. The van der Waals surface area contributed by atoms with Gasteiger partial charge in [0, 0.05) is 132 Å². The van der Waals surface area contributed by atoms with Gasteiger partial charge in [0.15, 0.2) is 5.60 Å². The van der Waals surface area contributed by atoms with Crippen LogP contribution >= 0.6 is 0 Å². The monoisotopic (exact) mass is 410 g/mol. The third kappa shape index (κ3) is 3.18. The Balaban J connectivity index is 0.00000105. The Labute approximate surface area is 240 Å². The van der Waals surface area contributed by atoms with Gasteiger partial charge in [-0.05, 0) is 30.3 Å². The van der Waals surface area contributed by atoms with Crippen LogP contribution in [0.2, 0.25) is 0 Å². The van der Waals surface area contributed by atoms with Crippen LogP contribution in [-0.2, 0) is 10.3 Å². The fourth-order valence-electron chi connectivity index (χ4n) is 3.65. The zero-order valence-corrected chi connectivity index (χ0v) is 21.1. The van der Waals surface area contributed by atoms with Crippen LogP contribution in [0.4, 0.5) is 0 Å². The molecule has 0 bridgehead atoms. The van der Waals surface area contributed by atoms with Crippen LogP contribution in [-0.4, -0.2) is 119 Å². The first-order valence-electron chi connectivity index (χ1n) is 7.77. The van der Waals surface area contributed by atoms with Crippen molar-refractivity contribution in [2.75, 3.05) is 0 Å².